The van der Waals surface area contributed by atoms with Gasteiger partial charge in [-0.25, -0.2) is 4.39 Å². The number of hydrogen-bond donors (Lipinski definition) is 0. The Morgan fingerprint density at radius 2 is 2.03 bits per heavy atom. The van der Waals surface area contributed by atoms with Crippen molar-refractivity contribution in [3.8, 4) is 0 Å². The molecule has 0 bridgehead atoms. The third kappa shape index (κ3) is 5.55. The maximum absolute atomic E-state index is 13.4. The number of aromatic nitrogens is 2. The number of aryl methyl sites for hydroxylation is 1. The Hall–Kier alpha value is -2.44. The van der Waals surface area contributed by atoms with Gasteiger partial charge in [-0.2, -0.15) is 4.98 Å². The Bertz CT molecular complexity index is 822. The molecule has 6 nitrogen and oxygen atoms in total. The van der Waals surface area contributed by atoms with Crippen LogP contribution in [0.25, 0.3) is 0 Å². The smallest absolute Gasteiger partial charge is 0.226 e. The molecule has 0 spiro atoms. The first kappa shape index (κ1) is 21.3. The van der Waals surface area contributed by atoms with Crippen LogP contribution >= 0.6 is 0 Å². The Morgan fingerprint density at radius 3 is 2.66 bits per heavy atom. The van der Waals surface area contributed by atoms with E-state index in [0.717, 1.165) is 31.6 Å². The summed E-state index contributed by atoms with van der Waals surface area (Å²) in [5.74, 6) is 1.22. The second-order valence-electron chi connectivity index (χ2n) is 8.82. The van der Waals surface area contributed by atoms with Gasteiger partial charge in [0.25, 0.3) is 0 Å². The molecule has 0 unspecified atom stereocenters. The van der Waals surface area contributed by atoms with E-state index in [1.807, 2.05) is 38.8 Å². The van der Waals surface area contributed by atoms with Crippen molar-refractivity contribution in [3.63, 3.8) is 0 Å². The van der Waals surface area contributed by atoms with Crippen LogP contribution in [0.5, 0.6) is 0 Å². The first-order valence-corrected chi connectivity index (χ1v) is 10.3. The molecular weight excluding hydrogens is 371 g/mol. The molecule has 0 saturated carbocycles. The van der Waals surface area contributed by atoms with Crippen molar-refractivity contribution in [1.82, 2.24) is 15.0 Å². The van der Waals surface area contributed by atoms with Gasteiger partial charge in [-0.3, -0.25) is 4.79 Å². The zero-order chi connectivity index (χ0) is 21.0. The summed E-state index contributed by atoms with van der Waals surface area (Å²) in [6.45, 7) is 7.77. The molecule has 1 aromatic carbocycles. The second kappa shape index (κ2) is 8.93. The van der Waals surface area contributed by atoms with E-state index >= 15 is 0 Å². The zero-order valence-corrected chi connectivity index (χ0v) is 17.8. The number of carbonyl (C=O) groups is 1. The van der Waals surface area contributed by atoms with Crippen molar-refractivity contribution >= 4 is 11.6 Å². The molecule has 1 fully saturated rings. The van der Waals surface area contributed by atoms with Crippen LogP contribution in [0.2, 0.25) is 0 Å². The third-order valence-corrected chi connectivity index (χ3v) is 5.50. The van der Waals surface area contributed by atoms with Crippen molar-refractivity contribution in [3.05, 3.63) is 41.8 Å². The molecule has 3 rings (SSSR count). The van der Waals surface area contributed by atoms with Crippen LogP contribution in [-0.4, -0.2) is 47.1 Å². The molecule has 1 amide bonds. The number of nitrogens with zero attached hydrogens (tertiary/aromatic N) is 4. The number of halogens is 1. The third-order valence-electron chi connectivity index (χ3n) is 5.50. The molecular formula is C22H31FN4O2. The Morgan fingerprint density at radius 1 is 1.31 bits per heavy atom. The molecule has 158 valence electrons. The summed E-state index contributed by atoms with van der Waals surface area (Å²) in [6, 6.07) is 6.92. The molecule has 0 N–H and O–H groups in total. The fraction of sp³-hybridized carbons (Fsp3) is 0.591. The van der Waals surface area contributed by atoms with E-state index in [9.17, 15) is 9.18 Å². The fourth-order valence-electron chi connectivity index (χ4n) is 3.62. The average Bonchev–Trinajstić information content (AvgIpc) is 3.17. The SMILES string of the molecule is CN(C(=O)CCCc1nc(C(C)(C)C)no1)C1CCN(c2cccc(F)c2)CC1. The van der Waals surface area contributed by atoms with Gasteiger partial charge in [0.1, 0.15) is 5.82 Å². The average molecular weight is 403 g/mol. The summed E-state index contributed by atoms with van der Waals surface area (Å²) in [7, 11) is 1.88. The molecule has 1 aliphatic rings. The fourth-order valence-corrected chi connectivity index (χ4v) is 3.62. The van der Waals surface area contributed by atoms with E-state index in [4.69, 9.17) is 4.52 Å². The molecule has 1 saturated heterocycles. The topological polar surface area (TPSA) is 62.5 Å². The van der Waals surface area contributed by atoms with E-state index in [1.165, 1.54) is 6.07 Å². The van der Waals surface area contributed by atoms with Crippen LogP contribution in [0.15, 0.2) is 28.8 Å². The number of benzene rings is 1. The minimum atomic E-state index is -0.215. The molecule has 1 aromatic heterocycles. The normalized spacial score (nSPS) is 15.6. The minimum Gasteiger partial charge on any atom is -0.371 e. The molecule has 0 atom stereocenters. The van der Waals surface area contributed by atoms with Crippen LogP contribution in [0.1, 0.15) is 58.2 Å². The lowest BCUT2D eigenvalue weighted by molar-refractivity contribution is -0.132. The molecule has 7 heteroatoms. The highest BCUT2D eigenvalue weighted by Crippen LogP contribution is 2.23. The van der Waals surface area contributed by atoms with Crippen LogP contribution < -0.4 is 4.90 Å². The largest absolute Gasteiger partial charge is 0.371 e. The van der Waals surface area contributed by atoms with E-state index in [1.54, 1.807) is 12.1 Å². The van der Waals surface area contributed by atoms with Gasteiger partial charge in [-0.1, -0.05) is 32.0 Å². The number of amides is 1. The molecule has 29 heavy (non-hydrogen) atoms. The van der Waals surface area contributed by atoms with Crippen molar-refractivity contribution in [1.29, 1.82) is 0 Å². The monoisotopic (exact) mass is 402 g/mol. The molecule has 2 aromatic rings. The van der Waals surface area contributed by atoms with Crippen molar-refractivity contribution < 1.29 is 13.7 Å². The van der Waals surface area contributed by atoms with Gasteiger partial charge < -0.3 is 14.3 Å². The molecule has 1 aliphatic heterocycles. The summed E-state index contributed by atoms with van der Waals surface area (Å²) >= 11 is 0. The number of hydrogen-bond acceptors (Lipinski definition) is 5. The number of rotatable bonds is 6. The van der Waals surface area contributed by atoms with Gasteiger partial charge in [0, 0.05) is 50.1 Å². The summed E-state index contributed by atoms with van der Waals surface area (Å²) in [5.41, 5.74) is 0.768. The van der Waals surface area contributed by atoms with E-state index in [0.29, 0.717) is 31.0 Å². The lowest BCUT2D eigenvalue weighted by Gasteiger charge is -2.38. The standard InChI is InChI=1S/C22H31FN4O2/c1-22(2,3)21-24-19(29-25-21)9-6-10-20(28)26(4)17-11-13-27(14-12-17)18-8-5-7-16(23)15-18/h5,7-8,15,17H,6,9-14H2,1-4H3. The predicted octanol–water partition coefficient (Wildman–Crippen LogP) is 3.96. The highest BCUT2D eigenvalue weighted by Gasteiger charge is 2.26. The van der Waals surface area contributed by atoms with Crippen LogP contribution in [0, 0.1) is 5.82 Å². The first-order chi connectivity index (χ1) is 13.7. The lowest BCUT2D eigenvalue weighted by Crippen LogP contribution is -2.45. The van der Waals surface area contributed by atoms with Crippen LogP contribution in [-0.2, 0) is 16.6 Å². The summed E-state index contributed by atoms with van der Waals surface area (Å²) in [6.07, 6.45) is 3.54. The number of piperidine rings is 1. The van der Waals surface area contributed by atoms with E-state index in [-0.39, 0.29) is 23.2 Å². The van der Waals surface area contributed by atoms with Crippen molar-refractivity contribution in [2.45, 2.75) is 64.3 Å². The Labute approximate surface area is 172 Å². The van der Waals surface area contributed by atoms with Gasteiger partial charge in [-0.15, -0.1) is 0 Å². The van der Waals surface area contributed by atoms with Gasteiger partial charge in [0.15, 0.2) is 5.82 Å². The van der Waals surface area contributed by atoms with Gasteiger partial charge in [-0.05, 0) is 37.5 Å². The summed E-state index contributed by atoms with van der Waals surface area (Å²) in [4.78, 5) is 21.1. The molecule has 2 heterocycles. The summed E-state index contributed by atoms with van der Waals surface area (Å²) in [5, 5.41) is 4.02. The Kier molecular flexibility index (Phi) is 6.55. The maximum Gasteiger partial charge on any atom is 0.226 e. The minimum absolute atomic E-state index is 0.141. The predicted molar refractivity (Wildman–Crippen MR) is 110 cm³/mol. The number of anilines is 1. The van der Waals surface area contributed by atoms with Crippen LogP contribution in [0.4, 0.5) is 10.1 Å². The van der Waals surface area contributed by atoms with Gasteiger partial charge in [0.05, 0.1) is 0 Å². The molecule has 0 radical (unpaired) electrons. The first-order valence-electron chi connectivity index (χ1n) is 10.3. The maximum atomic E-state index is 13.4. The quantitative estimate of drug-likeness (QED) is 0.732. The lowest BCUT2D eigenvalue weighted by atomic mass is 9.96. The zero-order valence-electron chi connectivity index (χ0n) is 17.8. The summed E-state index contributed by atoms with van der Waals surface area (Å²) < 4.78 is 18.7. The number of carbonyl (C=O) groups excluding carboxylic acids is 1. The molecule has 0 aliphatic carbocycles. The van der Waals surface area contributed by atoms with Gasteiger partial charge >= 0.3 is 0 Å². The van der Waals surface area contributed by atoms with Crippen LogP contribution in [0.3, 0.4) is 0 Å². The van der Waals surface area contributed by atoms with Crippen molar-refractivity contribution in [2.75, 3.05) is 25.0 Å². The van der Waals surface area contributed by atoms with E-state index < -0.39 is 0 Å². The van der Waals surface area contributed by atoms with E-state index in [2.05, 4.69) is 15.0 Å². The highest BCUT2D eigenvalue weighted by molar-refractivity contribution is 5.76. The van der Waals surface area contributed by atoms with Crippen molar-refractivity contribution in [2.24, 2.45) is 0 Å². The van der Waals surface area contributed by atoms with Gasteiger partial charge in [0.2, 0.25) is 11.8 Å². The second-order valence-corrected chi connectivity index (χ2v) is 8.82. The Balaban J connectivity index is 1.43. The highest BCUT2D eigenvalue weighted by atomic mass is 19.1.